The Morgan fingerprint density at radius 3 is 2.40 bits per heavy atom. The van der Waals surface area contributed by atoms with Crippen molar-refractivity contribution in [2.45, 2.75) is 11.3 Å². The van der Waals surface area contributed by atoms with Gasteiger partial charge in [-0.05, 0) is 22.6 Å². The van der Waals surface area contributed by atoms with Crippen molar-refractivity contribution < 1.29 is 17.2 Å². The molecule has 0 aliphatic heterocycles. The second-order valence-electron chi connectivity index (χ2n) is 2.45. The number of hydrogen-bond donors (Lipinski definition) is 1. The average Bonchev–Trinajstić information content (AvgIpc) is 2.06. The van der Waals surface area contributed by atoms with E-state index in [1.807, 2.05) is 4.98 Å². The van der Waals surface area contributed by atoms with Crippen LogP contribution in [-0.2, 0) is 9.05 Å². The van der Waals surface area contributed by atoms with Gasteiger partial charge < -0.3 is 4.98 Å². The summed E-state index contributed by atoms with van der Waals surface area (Å²) in [5.74, 6) is 0. The van der Waals surface area contributed by atoms with E-state index < -0.39 is 31.5 Å². The second-order valence-corrected chi connectivity index (χ2v) is 6.04. The molecular weight excluding hydrogens is 366 g/mol. The molecule has 0 atom stereocenters. The third-order valence-corrected chi connectivity index (χ3v) is 4.28. The molecular formula is C6H3ClF2INO3S. The molecule has 0 radical (unpaired) electrons. The molecule has 1 aromatic heterocycles. The summed E-state index contributed by atoms with van der Waals surface area (Å²) in [5, 5.41) is 0. The molecule has 1 aromatic rings. The molecule has 84 valence electrons. The number of pyridine rings is 1. The van der Waals surface area contributed by atoms with Crippen molar-refractivity contribution in [1.29, 1.82) is 0 Å². The zero-order valence-corrected chi connectivity index (χ0v) is 10.5. The summed E-state index contributed by atoms with van der Waals surface area (Å²) < 4.78 is 46.5. The second kappa shape index (κ2) is 4.34. The maximum atomic E-state index is 12.4. The molecule has 0 fully saturated rings. The lowest BCUT2D eigenvalue weighted by Crippen LogP contribution is -2.16. The Morgan fingerprint density at radius 2 is 2.00 bits per heavy atom. The molecule has 1 rings (SSSR count). The van der Waals surface area contributed by atoms with Gasteiger partial charge in [0, 0.05) is 16.9 Å². The van der Waals surface area contributed by atoms with E-state index >= 15 is 0 Å². The first-order valence-corrected chi connectivity index (χ1v) is 6.78. The van der Waals surface area contributed by atoms with Crippen LogP contribution < -0.4 is 5.56 Å². The number of H-pyrrole nitrogens is 1. The van der Waals surface area contributed by atoms with Gasteiger partial charge in [0.05, 0.1) is 9.13 Å². The zero-order valence-electron chi connectivity index (χ0n) is 6.80. The number of halogens is 4. The summed E-state index contributed by atoms with van der Waals surface area (Å²) in [7, 11) is 0.599. The van der Waals surface area contributed by atoms with E-state index in [4.69, 9.17) is 10.7 Å². The quantitative estimate of drug-likeness (QED) is 0.639. The Kier molecular flexibility index (Phi) is 3.71. The molecule has 0 bridgehead atoms. The summed E-state index contributed by atoms with van der Waals surface area (Å²) in [5.41, 5.74) is -1.59. The fourth-order valence-electron chi connectivity index (χ4n) is 0.912. The van der Waals surface area contributed by atoms with Crippen LogP contribution in [0.25, 0.3) is 0 Å². The molecule has 0 spiro atoms. The minimum Gasteiger partial charge on any atom is -0.328 e. The predicted molar refractivity (Wildman–Crippen MR) is 57.8 cm³/mol. The SMILES string of the molecule is O=c1[nH]cc(C(F)F)c(S(=O)(=O)Cl)c1I. The molecule has 0 amide bonds. The van der Waals surface area contributed by atoms with Gasteiger partial charge in [-0.2, -0.15) is 0 Å². The fourth-order valence-corrected chi connectivity index (χ4v) is 3.87. The highest BCUT2D eigenvalue weighted by Gasteiger charge is 2.26. The van der Waals surface area contributed by atoms with Crippen molar-refractivity contribution in [3.63, 3.8) is 0 Å². The number of alkyl halides is 2. The topological polar surface area (TPSA) is 67.0 Å². The first-order chi connectivity index (χ1) is 6.75. The number of aromatic nitrogens is 1. The van der Waals surface area contributed by atoms with Gasteiger partial charge in [-0.1, -0.05) is 0 Å². The maximum Gasteiger partial charge on any atom is 0.266 e. The summed E-state index contributed by atoms with van der Waals surface area (Å²) >= 11 is 1.35. The van der Waals surface area contributed by atoms with E-state index in [0.29, 0.717) is 6.20 Å². The smallest absolute Gasteiger partial charge is 0.266 e. The number of nitrogens with one attached hydrogen (secondary N) is 1. The third kappa shape index (κ3) is 2.67. The average molecular weight is 370 g/mol. The van der Waals surface area contributed by atoms with Gasteiger partial charge in [0.1, 0.15) is 4.90 Å². The molecule has 9 heteroatoms. The lowest BCUT2D eigenvalue weighted by Gasteiger charge is -2.06. The van der Waals surface area contributed by atoms with E-state index in [1.165, 1.54) is 22.6 Å². The molecule has 0 aromatic carbocycles. The van der Waals surface area contributed by atoms with Crippen LogP contribution in [-0.4, -0.2) is 13.4 Å². The van der Waals surface area contributed by atoms with Crippen LogP contribution in [0, 0.1) is 3.57 Å². The number of hydrogen-bond acceptors (Lipinski definition) is 3. The van der Waals surface area contributed by atoms with Crippen molar-refractivity contribution in [1.82, 2.24) is 4.98 Å². The van der Waals surface area contributed by atoms with E-state index in [0.717, 1.165) is 0 Å². The van der Waals surface area contributed by atoms with Crippen LogP contribution in [0.15, 0.2) is 15.9 Å². The van der Waals surface area contributed by atoms with Crippen molar-refractivity contribution in [2.75, 3.05) is 0 Å². The highest BCUT2D eigenvalue weighted by molar-refractivity contribution is 14.1. The largest absolute Gasteiger partial charge is 0.328 e. The summed E-state index contributed by atoms with van der Waals surface area (Å²) in [4.78, 5) is 12.2. The number of rotatable bonds is 2. The zero-order chi connectivity index (χ0) is 11.8. The highest BCUT2D eigenvalue weighted by atomic mass is 127. The van der Waals surface area contributed by atoms with Gasteiger partial charge in [0.25, 0.3) is 21.0 Å². The third-order valence-electron chi connectivity index (χ3n) is 1.50. The van der Waals surface area contributed by atoms with Crippen LogP contribution in [0.5, 0.6) is 0 Å². The Hall–Kier alpha value is -0.220. The lowest BCUT2D eigenvalue weighted by molar-refractivity contribution is 0.147. The molecule has 0 saturated carbocycles. The minimum atomic E-state index is -4.37. The normalized spacial score (nSPS) is 12.1. The maximum absolute atomic E-state index is 12.4. The van der Waals surface area contributed by atoms with Gasteiger partial charge in [0.2, 0.25) is 0 Å². The number of aromatic amines is 1. The Bertz CT molecular complexity index is 542. The molecule has 4 nitrogen and oxygen atoms in total. The first kappa shape index (κ1) is 12.8. The van der Waals surface area contributed by atoms with Gasteiger partial charge in [-0.25, -0.2) is 17.2 Å². The van der Waals surface area contributed by atoms with Crippen molar-refractivity contribution >= 4 is 42.3 Å². The van der Waals surface area contributed by atoms with E-state index in [2.05, 4.69) is 0 Å². The molecule has 0 unspecified atom stereocenters. The monoisotopic (exact) mass is 369 g/mol. The van der Waals surface area contributed by atoms with Crippen LogP contribution in [0.1, 0.15) is 12.0 Å². The van der Waals surface area contributed by atoms with Gasteiger partial charge >= 0.3 is 0 Å². The minimum absolute atomic E-state index is 0.375. The summed E-state index contributed by atoms with van der Waals surface area (Å²) in [6.07, 6.45) is -2.39. The fraction of sp³-hybridized carbons (Fsp3) is 0.167. The van der Waals surface area contributed by atoms with E-state index in [1.54, 1.807) is 0 Å². The summed E-state index contributed by atoms with van der Waals surface area (Å²) in [6, 6.07) is 0. The molecule has 0 saturated heterocycles. The highest BCUT2D eigenvalue weighted by Crippen LogP contribution is 2.29. The lowest BCUT2D eigenvalue weighted by atomic mass is 10.3. The van der Waals surface area contributed by atoms with Crippen LogP contribution in [0.4, 0.5) is 8.78 Å². The van der Waals surface area contributed by atoms with Gasteiger partial charge in [-0.15, -0.1) is 0 Å². The van der Waals surface area contributed by atoms with Gasteiger partial charge in [0.15, 0.2) is 0 Å². The van der Waals surface area contributed by atoms with E-state index in [9.17, 15) is 22.0 Å². The first-order valence-electron chi connectivity index (χ1n) is 3.39. The molecule has 15 heavy (non-hydrogen) atoms. The van der Waals surface area contributed by atoms with Crippen LogP contribution in [0.2, 0.25) is 0 Å². The van der Waals surface area contributed by atoms with Crippen molar-refractivity contribution in [3.8, 4) is 0 Å². The van der Waals surface area contributed by atoms with Crippen molar-refractivity contribution in [2.24, 2.45) is 0 Å². The predicted octanol–water partition coefficient (Wildman–Crippen LogP) is 1.84. The Balaban J connectivity index is 3.73. The molecule has 0 aliphatic carbocycles. The van der Waals surface area contributed by atoms with Crippen LogP contribution >= 0.6 is 33.3 Å². The standard InChI is InChI=1S/C6H3ClF2INO3S/c7-15(13,14)4-2(5(8)9)1-11-6(12)3(4)10/h1,5H,(H,11,12). The van der Waals surface area contributed by atoms with E-state index in [-0.39, 0.29) is 3.57 Å². The van der Waals surface area contributed by atoms with Crippen LogP contribution in [0.3, 0.4) is 0 Å². The molecule has 1 heterocycles. The molecule has 0 aliphatic rings. The summed E-state index contributed by atoms with van der Waals surface area (Å²) in [6.45, 7) is 0. The van der Waals surface area contributed by atoms with Gasteiger partial charge in [-0.3, -0.25) is 4.79 Å². The Morgan fingerprint density at radius 1 is 1.47 bits per heavy atom. The Labute approximate surface area is 101 Å². The molecule has 1 N–H and O–H groups in total. The van der Waals surface area contributed by atoms with Crippen molar-refractivity contribution in [3.05, 3.63) is 25.7 Å².